The second-order valence-electron chi connectivity index (χ2n) is 5.49. The van der Waals surface area contributed by atoms with Crippen LogP contribution in [0.4, 0.5) is 4.79 Å². The third-order valence-corrected chi connectivity index (χ3v) is 3.62. The van der Waals surface area contributed by atoms with E-state index in [9.17, 15) is 4.79 Å². The Labute approximate surface area is 111 Å². The molecule has 1 fully saturated rings. The Morgan fingerprint density at radius 3 is 2.39 bits per heavy atom. The average Bonchev–Trinajstić information content (AvgIpc) is 2.27. The number of urea groups is 1. The lowest BCUT2D eigenvalue weighted by molar-refractivity contribution is 0.183. The second-order valence-corrected chi connectivity index (χ2v) is 5.49. The Bertz CT molecular complexity index is 224. The predicted molar refractivity (Wildman–Crippen MR) is 73.5 cm³/mol. The van der Waals surface area contributed by atoms with Crippen molar-refractivity contribution in [3.8, 4) is 0 Å². The molecule has 0 saturated heterocycles. The molecule has 0 aliphatic heterocycles. The Kier molecular flexibility index (Phi) is 7.81. The number of carbonyl (C=O) groups is 1. The van der Waals surface area contributed by atoms with Gasteiger partial charge in [-0.05, 0) is 32.1 Å². The van der Waals surface area contributed by atoms with Crippen molar-refractivity contribution in [3.63, 3.8) is 0 Å². The SMILES string of the molecule is CC(O)CCNC(=O)NCC1CCCCCCC1. The van der Waals surface area contributed by atoms with Crippen LogP contribution in [0, 0.1) is 5.92 Å². The van der Waals surface area contributed by atoms with Crippen LogP contribution in [0.5, 0.6) is 0 Å². The van der Waals surface area contributed by atoms with Gasteiger partial charge in [-0.25, -0.2) is 4.79 Å². The van der Waals surface area contributed by atoms with Crippen LogP contribution in [-0.2, 0) is 0 Å². The highest BCUT2D eigenvalue weighted by molar-refractivity contribution is 5.73. The summed E-state index contributed by atoms with van der Waals surface area (Å²) in [6.07, 6.45) is 9.41. The summed E-state index contributed by atoms with van der Waals surface area (Å²) in [5.41, 5.74) is 0. The van der Waals surface area contributed by atoms with Gasteiger partial charge in [0.15, 0.2) is 0 Å². The minimum atomic E-state index is -0.351. The summed E-state index contributed by atoms with van der Waals surface area (Å²) < 4.78 is 0. The van der Waals surface area contributed by atoms with Crippen molar-refractivity contribution < 1.29 is 9.90 Å². The third kappa shape index (κ3) is 7.54. The van der Waals surface area contributed by atoms with Gasteiger partial charge in [0.05, 0.1) is 6.10 Å². The Hall–Kier alpha value is -0.770. The van der Waals surface area contributed by atoms with E-state index in [0.29, 0.717) is 18.9 Å². The van der Waals surface area contributed by atoms with Crippen LogP contribution in [-0.4, -0.2) is 30.3 Å². The first kappa shape index (κ1) is 15.3. The van der Waals surface area contributed by atoms with Gasteiger partial charge in [-0.2, -0.15) is 0 Å². The van der Waals surface area contributed by atoms with Gasteiger partial charge in [-0.15, -0.1) is 0 Å². The van der Waals surface area contributed by atoms with E-state index >= 15 is 0 Å². The summed E-state index contributed by atoms with van der Waals surface area (Å²) in [7, 11) is 0. The number of rotatable bonds is 5. The van der Waals surface area contributed by atoms with E-state index in [0.717, 1.165) is 6.54 Å². The molecule has 2 amide bonds. The number of carbonyl (C=O) groups excluding carboxylic acids is 1. The summed E-state index contributed by atoms with van der Waals surface area (Å²) in [6, 6.07) is -0.0993. The fraction of sp³-hybridized carbons (Fsp3) is 0.929. The first-order valence-corrected chi connectivity index (χ1v) is 7.38. The predicted octanol–water partition coefficient (Wildman–Crippen LogP) is 2.42. The summed E-state index contributed by atoms with van der Waals surface area (Å²) in [5, 5.41) is 14.8. The molecule has 4 heteroatoms. The molecule has 106 valence electrons. The van der Waals surface area contributed by atoms with Crippen LogP contribution in [0.1, 0.15) is 58.3 Å². The molecular weight excluding hydrogens is 228 g/mol. The number of hydrogen-bond acceptors (Lipinski definition) is 2. The molecule has 0 bridgehead atoms. The van der Waals surface area contributed by atoms with Crippen LogP contribution in [0.3, 0.4) is 0 Å². The largest absolute Gasteiger partial charge is 0.393 e. The van der Waals surface area contributed by atoms with Crippen molar-refractivity contribution in [1.29, 1.82) is 0 Å². The zero-order chi connectivity index (χ0) is 13.2. The molecule has 0 aromatic rings. The van der Waals surface area contributed by atoms with Gasteiger partial charge >= 0.3 is 6.03 Å². The molecule has 1 aliphatic rings. The zero-order valence-electron chi connectivity index (χ0n) is 11.6. The molecular formula is C14H28N2O2. The molecule has 0 aromatic heterocycles. The molecule has 1 atom stereocenters. The Morgan fingerprint density at radius 2 is 1.78 bits per heavy atom. The highest BCUT2D eigenvalue weighted by Crippen LogP contribution is 2.21. The molecule has 1 aliphatic carbocycles. The second kappa shape index (κ2) is 9.20. The maximum atomic E-state index is 11.5. The highest BCUT2D eigenvalue weighted by atomic mass is 16.3. The van der Waals surface area contributed by atoms with Crippen LogP contribution in [0.15, 0.2) is 0 Å². The minimum Gasteiger partial charge on any atom is -0.393 e. The molecule has 0 aromatic carbocycles. The monoisotopic (exact) mass is 256 g/mol. The molecule has 1 unspecified atom stereocenters. The lowest BCUT2D eigenvalue weighted by atomic mass is 9.91. The van der Waals surface area contributed by atoms with Gasteiger partial charge in [-0.3, -0.25) is 0 Å². The number of nitrogens with one attached hydrogen (secondary N) is 2. The van der Waals surface area contributed by atoms with Crippen molar-refractivity contribution in [2.75, 3.05) is 13.1 Å². The first-order valence-electron chi connectivity index (χ1n) is 7.38. The molecule has 0 heterocycles. The number of aliphatic hydroxyl groups excluding tert-OH is 1. The maximum Gasteiger partial charge on any atom is 0.314 e. The molecule has 3 N–H and O–H groups in total. The van der Waals surface area contributed by atoms with Crippen LogP contribution >= 0.6 is 0 Å². The van der Waals surface area contributed by atoms with E-state index in [1.807, 2.05) is 0 Å². The summed E-state index contributed by atoms with van der Waals surface area (Å²) in [5.74, 6) is 0.646. The lowest BCUT2D eigenvalue weighted by Gasteiger charge is -2.20. The maximum absolute atomic E-state index is 11.5. The number of hydrogen-bond donors (Lipinski definition) is 3. The fourth-order valence-electron chi connectivity index (χ4n) is 2.44. The Balaban J connectivity index is 2.08. The van der Waals surface area contributed by atoms with Gasteiger partial charge in [0.1, 0.15) is 0 Å². The van der Waals surface area contributed by atoms with Crippen LogP contribution in [0.25, 0.3) is 0 Å². The summed E-state index contributed by atoms with van der Waals surface area (Å²) in [4.78, 5) is 11.5. The van der Waals surface area contributed by atoms with Crippen molar-refractivity contribution in [2.24, 2.45) is 5.92 Å². The highest BCUT2D eigenvalue weighted by Gasteiger charge is 2.12. The van der Waals surface area contributed by atoms with Gasteiger partial charge in [-0.1, -0.05) is 32.1 Å². The first-order chi connectivity index (χ1) is 8.68. The van der Waals surface area contributed by atoms with E-state index in [1.54, 1.807) is 6.92 Å². The fourth-order valence-corrected chi connectivity index (χ4v) is 2.44. The van der Waals surface area contributed by atoms with Crippen molar-refractivity contribution in [2.45, 2.75) is 64.4 Å². The number of aliphatic hydroxyl groups is 1. The quantitative estimate of drug-likeness (QED) is 0.707. The van der Waals surface area contributed by atoms with Gasteiger partial charge < -0.3 is 15.7 Å². The van der Waals surface area contributed by atoms with E-state index in [4.69, 9.17) is 5.11 Å². The normalized spacial score (nSPS) is 19.7. The smallest absolute Gasteiger partial charge is 0.314 e. The third-order valence-electron chi connectivity index (χ3n) is 3.62. The molecule has 1 rings (SSSR count). The molecule has 0 radical (unpaired) electrons. The minimum absolute atomic E-state index is 0.0993. The van der Waals surface area contributed by atoms with Crippen LogP contribution < -0.4 is 10.6 Å². The molecule has 0 spiro atoms. The summed E-state index contributed by atoms with van der Waals surface area (Å²) >= 11 is 0. The lowest BCUT2D eigenvalue weighted by Crippen LogP contribution is -2.39. The topological polar surface area (TPSA) is 61.4 Å². The van der Waals surface area contributed by atoms with Gasteiger partial charge in [0, 0.05) is 13.1 Å². The van der Waals surface area contributed by atoms with Crippen molar-refractivity contribution in [1.82, 2.24) is 10.6 Å². The van der Waals surface area contributed by atoms with Gasteiger partial charge in [0.25, 0.3) is 0 Å². The summed E-state index contributed by atoms with van der Waals surface area (Å²) in [6.45, 7) is 3.06. The molecule has 18 heavy (non-hydrogen) atoms. The molecule has 4 nitrogen and oxygen atoms in total. The van der Waals surface area contributed by atoms with E-state index in [-0.39, 0.29) is 12.1 Å². The van der Waals surface area contributed by atoms with Gasteiger partial charge in [0.2, 0.25) is 0 Å². The zero-order valence-corrected chi connectivity index (χ0v) is 11.6. The Morgan fingerprint density at radius 1 is 1.17 bits per heavy atom. The van der Waals surface area contributed by atoms with Crippen molar-refractivity contribution in [3.05, 3.63) is 0 Å². The van der Waals surface area contributed by atoms with E-state index < -0.39 is 0 Å². The van der Waals surface area contributed by atoms with Crippen molar-refractivity contribution >= 4 is 6.03 Å². The number of amides is 2. The van der Waals surface area contributed by atoms with E-state index in [2.05, 4.69) is 10.6 Å². The standard InChI is InChI=1S/C14H28N2O2/c1-12(17)9-10-15-14(18)16-11-13-7-5-3-2-4-6-8-13/h12-13,17H,2-11H2,1H3,(H2,15,16,18). The molecule has 1 saturated carbocycles. The van der Waals surface area contributed by atoms with E-state index in [1.165, 1.54) is 44.9 Å². The average molecular weight is 256 g/mol. The van der Waals surface area contributed by atoms with Crippen LogP contribution in [0.2, 0.25) is 0 Å².